The van der Waals surface area contributed by atoms with Gasteiger partial charge in [0.15, 0.2) is 0 Å². The molecule has 0 saturated carbocycles. The summed E-state index contributed by atoms with van der Waals surface area (Å²) in [6, 6.07) is 0. The monoisotopic (exact) mass is 290 g/mol. The fraction of sp³-hybridized carbons (Fsp3) is 0. The minimum absolute atomic E-state index is 0. The molecule has 0 saturated heterocycles. The van der Waals surface area contributed by atoms with Crippen LogP contribution in [0.2, 0.25) is 0 Å². The van der Waals surface area contributed by atoms with Crippen molar-refractivity contribution in [1.29, 1.82) is 0 Å². The summed E-state index contributed by atoms with van der Waals surface area (Å²) in [7, 11) is 0. The summed E-state index contributed by atoms with van der Waals surface area (Å²) < 4.78 is 0. The van der Waals surface area contributed by atoms with Crippen LogP contribution in [0, 0.1) is 0 Å². The average Bonchev–Trinajstić information content (AvgIpc) is 0. The summed E-state index contributed by atoms with van der Waals surface area (Å²) in [5, 5.41) is 0. The summed E-state index contributed by atoms with van der Waals surface area (Å²) in [5.74, 6) is 0. The van der Waals surface area contributed by atoms with E-state index in [9.17, 15) is 0 Å². The SMILES string of the molecule is [F-].[F-].[F-].[F-].[F-].[F-].[F-].[F-].[Ti+4].[Zr+4]. The third-order valence-corrected chi connectivity index (χ3v) is 0. The van der Waals surface area contributed by atoms with Crippen LogP contribution in [0.1, 0.15) is 0 Å². The molecule has 0 aromatic rings. The van der Waals surface area contributed by atoms with E-state index in [1.165, 1.54) is 0 Å². The minimum atomic E-state index is 0. The van der Waals surface area contributed by atoms with Crippen LogP contribution in [-0.4, -0.2) is 0 Å². The topological polar surface area (TPSA) is 0 Å². The molecule has 0 atom stereocenters. The molecule has 0 amide bonds. The van der Waals surface area contributed by atoms with Gasteiger partial charge >= 0.3 is 47.9 Å². The molecule has 0 aliphatic heterocycles. The molecule has 10 heavy (non-hydrogen) atoms. The first-order chi connectivity index (χ1) is 0. The molecule has 0 aliphatic rings. The Kier molecular flexibility index (Phi) is 78700. The van der Waals surface area contributed by atoms with Crippen LogP contribution in [0.3, 0.4) is 0 Å². The van der Waals surface area contributed by atoms with E-state index < -0.39 is 0 Å². The first kappa shape index (κ1) is 1030. The molecule has 0 bridgehead atoms. The second kappa shape index (κ2) is 762. The zero-order chi connectivity index (χ0) is 0. The molecule has 0 nitrogen and oxygen atoms in total. The number of rotatable bonds is 0. The van der Waals surface area contributed by atoms with Gasteiger partial charge in [0.25, 0.3) is 0 Å². The smallest absolute Gasteiger partial charge is 1.00 e. The van der Waals surface area contributed by atoms with Gasteiger partial charge < -0.3 is 37.6 Å². The molecule has 0 aliphatic carbocycles. The Hall–Kier alpha value is 1.04. The van der Waals surface area contributed by atoms with E-state index in [1.54, 1.807) is 0 Å². The van der Waals surface area contributed by atoms with E-state index in [0.717, 1.165) is 0 Å². The van der Waals surface area contributed by atoms with Gasteiger partial charge in [0.1, 0.15) is 0 Å². The Labute approximate surface area is 85.5 Å². The predicted molar refractivity (Wildman–Crippen MR) is 0 cm³/mol. The van der Waals surface area contributed by atoms with Gasteiger partial charge in [0, 0.05) is 0 Å². The Balaban J connectivity index is 0. The maximum Gasteiger partial charge on any atom is 4.00 e. The van der Waals surface area contributed by atoms with Gasteiger partial charge in [-0.3, -0.25) is 0 Å². The standard InChI is InChI=1S/8FH.Ti.Zr/h8*1H;;/q;;;;;;;;2*+4/p-8. The molecule has 0 aromatic heterocycles. The Morgan fingerprint density at radius 3 is 0.300 bits per heavy atom. The molecule has 0 radical (unpaired) electrons. The van der Waals surface area contributed by atoms with Crippen LogP contribution >= 0.6 is 0 Å². The molecule has 0 fully saturated rings. The zero-order valence-electron chi connectivity index (χ0n) is 4.02. The summed E-state index contributed by atoms with van der Waals surface area (Å²) in [6.07, 6.45) is 0. The fourth-order valence-corrected chi connectivity index (χ4v) is 0. The second-order valence-corrected chi connectivity index (χ2v) is 0. The third kappa shape index (κ3) is 542. The fourth-order valence-electron chi connectivity index (χ4n) is 0. The quantitative estimate of drug-likeness (QED) is 0.307. The van der Waals surface area contributed by atoms with Crippen LogP contribution in [0.15, 0.2) is 0 Å². The molecule has 10 heteroatoms. The zero-order valence-corrected chi connectivity index (χ0v) is 8.04. The number of hydrogen-bond acceptors (Lipinski definition) is 0. The van der Waals surface area contributed by atoms with Crippen molar-refractivity contribution in [1.82, 2.24) is 0 Å². The maximum absolute atomic E-state index is 0. The van der Waals surface area contributed by atoms with E-state index in [0.29, 0.717) is 0 Å². The molecule has 0 rings (SSSR count). The van der Waals surface area contributed by atoms with Crippen molar-refractivity contribution in [2.24, 2.45) is 0 Å². The normalized spacial score (nSPS) is 0. The molecule has 0 N–H and O–H groups in total. The molecular weight excluding hydrogens is 291 g/mol. The average molecular weight is 291 g/mol. The van der Waals surface area contributed by atoms with Crippen LogP contribution in [0.5, 0.6) is 0 Å². The van der Waals surface area contributed by atoms with Gasteiger partial charge in [0.05, 0.1) is 0 Å². The first-order valence-corrected chi connectivity index (χ1v) is 0. The van der Waals surface area contributed by atoms with Crippen molar-refractivity contribution >= 4 is 0 Å². The van der Waals surface area contributed by atoms with E-state index in [4.69, 9.17) is 0 Å². The molecular formula is F8TiZr. The van der Waals surface area contributed by atoms with Crippen molar-refractivity contribution in [3.05, 3.63) is 0 Å². The Morgan fingerprint density at radius 1 is 0.300 bits per heavy atom. The van der Waals surface area contributed by atoms with E-state index >= 15 is 0 Å². The molecule has 0 unspecified atom stereocenters. The van der Waals surface area contributed by atoms with Gasteiger partial charge in [-0.25, -0.2) is 0 Å². The van der Waals surface area contributed by atoms with Crippen molar-refractivity contribution in [2.45, 2.75) is 0 Å². The molecule has 0 spiro atoms. The minimum Gasteiger partial charge on any atom is -1.00 e. The number of hydrogen-bond donors (Lipinski definition) is 0. The van der Waals surface area contributed by atoms with Gasteiger partial charge in [-0.05, 0) is 0 Å². The largest absolute Gasteiger partial charge is 4.00 e. The van der Waals surface area contributed by atoms with Gasteiger partial charge in [-0.2, -0.15) is 0 Å². The van der Waals surface area contributed by atoms with Crippen molar-refractivity contribution in [2.75, 3.05) is 0 Å². The van der Waals surface area contributed by atoms with Crippen LogP contribution in [0.25, 0.3) is 0 Å². The first-order valence-electron chi connectivity index (χ1n) is 0. The van der Waals surface area contributed by atoms with Crippen molar-refractivity contribution in [3.63, 3.8) is 0 Å². The summed E-state index contributed by atoms with van der Waals surface area (Å²) in [4.78, 5) is 0. The Morgan fingerprint density at radius 2 is 0.300 bits per heavy atom. The summed E-state index contributed by atoms with van der Waals surface area (Å²) in [5.41, 5.74) is 0. The molecule has 0 aromatic carbocycles. The van der Waals surface area contributed by atoms with Crippen LogP contribution in [-0.2, 0) is 47.9 Å². The van der Waals surface area contributed by atoms with Gasteiger partial charge in [-0.15, -0.1) is 0 Å². The van der Waals surface area contributed by atoms with Crippen molar-refractivity contribution in [3.8, 4) is 0 Å². The van der Waals surface area contributed by atoms with E-state index in [1.807, 2.05) is 0 Å². The molecule has 0 heterocycles. The van der Waals surface area contributed by atoms with E-state index in [2.05, 4.69) is 0 Å². The van der Waals surface area contributed by atoms with E-state index in [-0.39, 0.29) is 85.6 Å². The number of halogens is 8. The van der Waals surface area contributed by atoms with Gasteiger partial charge in [0.2, 0.25) is 0 Å². The van der Waals surface area contributed by atoms with Crippen LogP contribution in [0.4, 0.5) is 0 Å². The summed E-state index contributed by atoms with van der Waals surface area (Å²) in [6.45, 7) is 0. The van der Waals surface area contributed by atoms with Crippen LogP contribution < -0.4 is 37.6 Å². The predicted octanol–water partition coefficient (Wildman–Crippen LogP) is -24.0. The molecule has 64 valence electrons. The summed E-state index contributed by atoms with van der Waals surface area (Å²) >= 11 is 0. The van der Waals surface area contributed by atoms with Crippen molar-refractivity contribution < 1.29 is 85.6 Å². The second-order valence-electron chi connectivity index (χ2n) is 0. The Bertz CT molecular complexity index is 9.22. The van der Waals surface area contributed by atoms with Gasteiger partial charge in [-0.1, -0.05) is 0 Å². The maximum atomic E-state index is 0. The third-order valence-electron chi connectivity index (χ3n) is 0.